The largest absolute Gasteiger partial charge is 0.420 e. The molecule has 1 aliphatic heterocycles. The first-order chi connectivity index (χ1) is 12.1. The molecule has 1 unspecified atom stereocenters. The number of oxazole rings is 1. The number of hydrogen-bond donors (Lipinski definition) is 1. The van der Waals surface area contributed by atoms with Gasteiger partial charge in [-0.05, 0) is 43.9 Å². The van der Waals surface area contributed by atoms with Crippen LogP contribution in [0.1, 0.15) is 36.6 Å². The van der Waals surface area contributed by atoms with Crippen molar-refractivity contribution < 1.29 is 9.21 Å². The predicted octanol–water partition coefficient (Wildman–Crippen LogP) is 2.38. The van der Waals surface area contributed by atoms with Crippen LogP contribution in [0.15, 0.2) is 39.7 Å². The number of amides is 1. The second-order valence-corrected chi connectivity index (χ2v) is 6.49. The number of hydrogen-bond acceptors (Lipinski definition) is 4. The molecule has 0 saturated carbocycles. The van der Waals surface area contributed by atoms with Crippen molar-refractivity contribution in [3.63, 3.8) is 0 Å². The Labute approximate surface area is 144 Å². The van der Waals surface area contributed by atoms with E-state index in [0.29, 0.717) is 17.6 Å². The van der Waals surface area contributed by atoms with Crippen molar-refractivity contribution >= 4 is 17.0 Å². The number of rotatable bonds is 3. The molecule has 1 saturated heterocycles. The maximum Gasteiger partial charge on any atom is 0.420 e. The number of likely N-dealkylation sites (tertiary alicyclic amines) is 1. The molecular weight excluding hydrogens is 320 g/mol. The van der Waals surface area contributed by atoms with E-state index in [4.69, 9.17) is 4.42 Å². The minimum Gasteiger partial charge on any atom is -0.408 e. The summed E-state index contributed by atoms with van der Waals surface area (Å²) in [7, 11) is 0. The van der Waals surface area contributed by atoms with Crippen molar-refractivity contribution in [3.8, 4) is 0 Å². The van der Waals surface area contributed by atoms with Gasteiger partial charge >= 0.3 is 5.76 Å². The molecule has 7 nitrogen and oxygen atoms in total. The van der Waals surface area contributed by atoms with E-state index in [1.54, 1.807) is 24.4 Å². The lowest BCUT2D eigenvalue weighted by Gasteiger charge is -2.35. The summed E-state index contributed by atoms with van der Waals surface area (Å²) in [5.41, 5.74) is 3.18. The van der Waals surface area contributed by atoms with Gasteiger partial charge in [0.1, 0.15) is 6.54 Å². The Morgan fingerprint density at radius 3 is 3.00 bits per heavy atom. The Balaban J connectivity index is 1.64. The van der Waals surface area contributed by atoms with E-state index in [2.05, 4.69) is 10.2 Å². The standard InChI is InChI=1S/C18H20N4O3/c1-12-10-19-20-17(12)14-7-4-5-9-21(14)16(23)11-22-13-6-2-3-8-15(13)25-18(22)24/h2-3,6,8,10,14H,4-5,7,9,11H2,1H3,(H,19,20). The van der Waals surface area contributed by atoms with E-state index < -0.39 is 5.76 Å². The highest BCUT2D eigenvalue weighted by Gasteiger charge is 2.30. The fraction of sp³-hybridized carbons (Fsp3) is 0.389. The van der Waals surface area contributed by atoms with E-state index >= 15 is 0 Å². The second kappa shape index (κ2) is 6.23. The highest BCUT2D eigenvalue weighted by atomic mass is 16.4. The minimum absolute atomic E-state index is 0.0144. The first kappa shape index (κ1) is 15.7. The van der Waals surface area contributed by atoms with E-state index in [1.807, 2.05) is 17.9 Å². The summed E-state index contributed by atoms with van der Waals surface area (Å²) in [6, 6.07) is 7.14. The van der Waals surface area contributed by atoms with Crippen LogP contribution in [0.25, 0.3) is 11.1 Å². The number of nitrogens with zero attached hydrogens (tertiary/aromatic N) is 3. The molecule has 1 amide bonds. The van der Waals surface area contributed by atoms with Gasteiger partial charge in [-0.3, -0.25) is 14.5 Å². The third kappa shape index (κ3) is 2.75. The minimum atomic E-state index is -0.499. The molecule has 7 heteroatoms. The van der Waals surface area contributed by atoms with Gasteiger partial charge in [0.15, 0.2) is 5.58 Å². The summed E-state index contributed by atoms with van der Waals surface area (Å²) in [6.07, 6.45) is 4.72. The molecule has 1 fully saturated rings. The van der Waals surface area contributed by atoms with Gasteiger partial charge in [-0.15, -0.1) is 0 Å². The summed E-state index contributed by atoms with van der Waals surface area (Å²) in [6.45, 7) is 2.66. The number of para-hydroxylation sites is 2. The number of aromatic amines is 1. The molecule has 0 aliphatic carbocycles. The first-order valence-corrected chi connectivity index (χ1v) is 8.53. The number of piperidine rings is 1. The van der Waals surface area contributed by atoms with Gasteiger partial charge < -0.3 is 9.32 Å². The van der Waals surface area contributed by atoms with Crippen molar-refractivity contribution in [2.24, 2.45) is 0 Å². The molecule has 1 aliphatic rings. The molecule has 3 heterocycles. The SMILES string of the molecule is Cc1cn[nH]c1C1CCCCN1C(=O)Cn1c(=O)oc2ccccc21. The van der Waals surface area contributed by atoms with Crippen molar-refractivity contribution in [1.29, 1.82) is 0 Å². The van der Waals surface area contributed by atoms with Gasteiger partial charge in [0.2, 0.25) is 5.91 Å². The number of aromatic nitrogens is 3. The maximum absolute atomic E-state index is 13.0. The van der Waals surface area contributed by atoms with Crippen LogP contribution in [0.4, 0.5) is 0 Å². The van der Waals surface area contributed by atoms with Crippen LogP contribution >= 0.6 is 0 Å². The lowest BCUT2D eigenvalue weighted by atomic mass is 9.97. The van der Waals surface area contributed by atoms with Gasteiger partial charge in [-0.1, -0.05) is 12.1 Å². The summed E-state index contributed by atoms with van der Waals surface area (Å²) >= 11 is 0. The monoisotopic (exact) mass is 340 g/mol. The van der Waals surface area contributed by atoms with Crippen molar-refractivity contribution in [2.45, 2.75) is 38.8 Å². The Bertz CT molecular complexity index is 968. The Kier molecular flexibility index (Phi) is 3.91. The van der Waals surface area contributed by atoms with Crippen molar-refractivity contribution in [3.05, 3.63) is 52.3 Å². The fourth-order valence-corrected chi connectivity index (χ4v) is 3.61. The van der Waals surface area contributed by atoms with Crippen LogP contribution in [0.2, 0.25) is 0 Å². The Hall–Kier alpha value is -2.83. The summed E-state index contributed by atoms with van der Waals surface area (Å²) in [5.74, 6) is -0.576. The van der Waals surface area contributed by atoms with Crippen LogP contribution in [0.5, 0.6) is 0 Å². The smallest absolute Gasteiger partial charge is 0.408 e. The summed E-state index contributed by atoms with van der Waals surface area (Å²) in [4.78, 5) is 27.0. The van der Waals surface area contributed by atoms with Gasteiger partial charge in [-0.2, -0.15) is 5.10 Å². The van der Waals surface area contributed by atoms with Crippen LogP contribution in [0, 0.1) is 6.92 Å². The number of carbonyl (C=O) groups excluding carboxylic acids is 1. The zero-order valence-electron chi connectivity index (χ0n) is 14.1. The molecule has 0 bridgehead atoms. The van der Waals surface area contributed by atoms with Crippen LogP contribution < -0.4 is 5.76 Å². The molecule has 2 aromatic heterocycles. The van der Waals surface area contributed by atoms with E-state index in [-0.39, 0.29) is 18.5 Å². The Morgan fingerprint density at radius 1 is 1.36 bits per heavy atom. The zero-order chi connectivity index (χ0) is 17.4. The number of H-pyrrole nitrogens is 1. The molecule has 25 heavy (non-hydrogen) atoms. The van der Waals surface area contributed by atoms with Crippen LogP contribution in [0.3, 0.4) is 0 Å². The molecule has 3 aromatic rings. The molecule has 130 valence electrons. The zero-order valence-corrected chi connectivity index (χ0v) is 14.1. The Morgan fingerprint density at radius 2 is 2.20 bits per heavy atom. The lowest BCUT2D eigenvalue weighted by molar-refractivity contribution is -0.135. The number of carbonyl (C=O) groups is 1. The normalized spacial score (nSPS) is 18.0. The van der Waals surface area contributed by atoms with Gasteiger partial charge in [-0.25, -0.2) is 4.79 Å². The average Bonchev–Trinajstić information content (AvgIpc) is 3.18. The number of fused-ring (bicyclic) bond motifs is 1. The highest BCUT2D eigenvalue weighted by molar-refractivity contribution is 5.80. The number of nitrogens with one attached hydrogen (secondary N) is 1. The molecule has 4 rings (SSSR count). The molecule has 1 aromatic carbocycles. The third-order valence-electron chi connectivity index (χ3n) is 4.89. The lowest BCUT2D eigenvalue weighted by Crippen LogP contribution is -2.41. The first-order valence-electron chi connectivity index (χ1n) is 8.53. The number of aryl methyl sites for hydroxylation is 1. The van der Waals surface area contributed by atoms with E-state index in [1.165, 1.54) is 4.57 Å². The molecule has 0 radical (unpaired) electrons. The van der Waals surface area contributed by atoms with Crippen molar-refractivity contribution in [1.82, 2.24) is 19.7 Å². The summed E-state index contributed by atoms with van der Waals surface area (Å²) < 4.78 is 6.63. The molecule has 0 spiro atoms. The summed E-state index contributed by atoms with van der Waals surface area (Å²) in [5, 5.41) is 7.12. The molecular formula is C18H20N4O3. The average molecular weight is 340 g/mol. The van der Waals surface area contributed by atoms with Crippen LogP contribution in [-0.4, -0.2) is 32.1 Å². The van der Waals surface area contributed by atoms with E-state index in [9.17, 15) is 9.59 Å². The fourth-order valence-electron chi connectivity index (χ4n) is 3.61. The van der Waals surface area contributed by atoms with Crippen molar-refractivity contribution in [2.75, 3.05) is 6.54 Å². The quantitative estimate of drug-likeness (QED) is 0.793. The topological polar surface area (TPSA) is 84.1 Å². The predicted molar refractivity (Wildman–Crippen MR) is 92.1 cm³/mol. The molecule has 1 N–H and O–H groups in total. The van der Waals surface area contributed by atoms with Crippen LogP contribution in [-0.2, 0) is 11.3 Å². The van der Waals surface area contributed by atoms with Gasteiger partial charge in [0, 0.05) is 6.54 Å². The van der Waals surface area contributed by atoms with E-state index in [0.717, 1.165) is 30.5 Å². The molecule has 1 atom stereocenters. The maximum atomic E-state index is 13.0. The third-order valence-corrected chi connectivity index (χ3v) is 4.89. The van der Waals surface area contributed by atoms with Gasteiger partial charge in [0.25, 0.3) is 0 Å². The number of benzene rings is 1. The highest BCUT2D eigenvalue weighted by Crippen LogP contribution is 2.31. The van der Waals surface area contributed by atoms with Gasteiger partial charge in [0.05, 0.1) is 23.4 Å². The second-order valence-electron chi connectivity index (χ2n) is 6.49.